The van der Waals surface area contributed by atoms with E-state index in [4.69, 9.17) is 4.98 Å². The Balaban J connectivity index is 1.87. The molecule has 0 aliphatic carbocycles. The Kier molecular flexibility index (Phi) is 3.79. The van der Waals surface area contributed by atoms with Gasteiger partial charge in [0.05, 0.1) is 21.8 Å². The van der Waals surface area contributed by atoms with Gasteiger partial charge < -0.3 is 4.90 Å². The number of hydrogen-bond acceptors (Lipinski definition) is 5. The van der Waals surface area contributed by atoms with E-state index in [-0.39, 0.29) is 0 Å². The summed E-state index contributed by atoms with van der Waals surface area (Å²) in [5.74, 6) is 0.838. The summed E-state index contributed by atoms with van der Waals surface area (Å²) in [5, 5.41) is 0. The first-order valence-corrected chi connectivity index (χ1v) is 8.79. The molecule has 1 fully saturated rings. The normalized spacial score (nSPS) is 14.4. The second-order valence-corrected chi connectivity index (χ2v) is 6.61. The molecule has 0 radical (unpaired) electrons. The highest BCUT2D eigenvalue weighted by Crippen LogP contribution is 2.35. The third-order valence-electron chi connectivity index (χ3n) is 4.21. The first-order valence-electron chi connectivity index (χ1n) is 7.91. The first kappa shape index (κ1) is 14.3. The summed E-state index contributed by atoms with van der Waals surface area (Å²) in [4.78, 5) is 17.4. The van der Waals surface area contributed by atoms with Gasteiger partial charge in [-0.15, -0.1) is 11.3 Å². The summed E-state index contributed by atoms with van der Waals surface area (Å²) in [5.41, 5.74) is 6.12. The zero-order valence-corrected chi connectivity index (χ0v) is 13.9. The van der Waals surface area contributed by atoms with Crippen LogP contribution in [0.2, 0.25) is 0 Å². The zero-order valence-electron chi connectivity index (χ0n) is 13.1. The van der Waals surface area contributed by atoms with Crippen molar-refractivity contribution in [1.29, 1.82) is 0 Å². The summed E-state index contributed by atoms with van der Waals surface area (Å²) >= 11 is 1.64. The Labute approximate surface area is 139 Å². The molecule has 4 nitrogen and oxygen atoms in total. The van der Waals surface area contributed by atoms with Gasteiger partial charge in [-0.1, -0.05) is 30.3 Å². The van der Waals surface area contributed by atoms with Gasteiger partial charge in [0, 0.05) is 24.8 Å². The maximum Gasteiger partial charge on any atom is 0.225 e. The number of hydrogen-bond donors (Lipinski definition) is 0. The summed E-state index contributed by atoms with van der Waals surface area (Å²) in [7, 11) is 0. The van der Waals surface area contributed by atoms with E-state index in [1.807, 2.05) is 36.8 Å². The van der Waals surface area contributed by atoms with E-state index in [1.54, 1.807) is 11.3 Å². The lowest BCUT2D eigenvalue weighted by Gasteiger charge is -2.17. The van der Waals surface area contributed by atoms with Crippen LogP contribution in [0.4, 0.5) is 5.95 Å². The second kappa shape index (κ2) is 6.08. The minimum Gasteiger partial charge on any atom is -0.341 e. The lowest BCUT2D eigenvalue weighted by atomic mass is 10.0. The monoisotopic (exact) mass is 322 g/mol. The first-order chi connectivity index (χ1) is 11.3. The van der Waals surface area contributed by atoms with Crippen molar-refractivity contribution in [3.8, 4) is 21.7 Å². The zero-order chi connectivity index (χ0) is 15.6. The Hall–Kier alpha value is -2.27. The van der Waals surface area contributed by atoms with Crippen LogP contribution in [0.1, 0.15) is 18.5 Å². The summed E-state index contributed by atoms with van der Waals surface area (Å²) in [6.45, 7) is 4.13. The number of thiazole rings is 1. The fraction of sp³-hybridized carbons (Fsp3) is 0.278. The maximum absolute atomic E-state index is 4.92. The molecule has 5 heteroatoms. The van der Waals surface area contributed by atoms with E-state index < -0.39 is 0 Å². The molecule has 1 saturated heterocycles. The van der Waals surface area contributed by atoms with Gasteiger partial charge in [-0.25, -0.2) is 15.0 Å². The lowest BCUT2D eigenvalue weighted by molar-refractivity contribution is 0.901. The average molecular weight is 322 g/mol. The topological polar surface area (TPSA) is 41.9 Å². The van der Waals surface area contributed by atoms with Gasteiger partial charge in [0.25, 0.3) is 0 Å². The van der Waals surface area contributed by atoms with Crippen molar-refractivity contribution >= 4 is 17.3 Å². The molecule has 0 spiro atoms. The van der Waals surface area contributed by atoms with Crippen molar-refractivity contribution in [3.63, 3.8) is 0 Å². The molecule has 23 heavy (non-hydrogen) atoms. The largest absolute Gasteiger partial charge is 0.341 e. The summed E-state index contributed by atoms with van der Waals surface area (Å²) in [6, 6.07) is 10.3. The van der Waals surface area contributed by atoms with Crippen molar-refractivity contribution in [3.05, 3.63) is 47.7 Å². The average Bonchev–Trinajstić information content (AvgIpc) is 3.27. The molecule has 0 atom stereocenters. The van der Waals surface area contributed by atoms with Crippen LogP contribution < -0.4 is 4.90 Å². The van der Waals surface area contributed by atoms with E-state index in [0.717, 1.165) is 46.4 Å². The quantitative estimate of drug-likeness (QED) is 0.725. The fourth-order valence-electron chi connectivity index (χ4n) is 2.97. The smallest absolute Gasteiger partial charge is 0.225 e. The van der Waals surface area contributed by atoms with Crippen molar-refractivity contribution < 1.29 is 0 Å². The van der Waals surface area contributed by atoms with E-state index >= 15 is 0 Å². The molecular weight excluding hydrogens is 304 g/mol. The molecule has 1 aromatic carbocycles. The number of aromatic nitrogens is 3. The molecule has 0 saturated carbocycles. The number of rotatable bonds is 3. The van der Waals surface area contributed by atoms with Gasteiger partial charge in [0.1, 0.15) is 0 Å². The van der Waals surface area contributed by atoms with Crippen molar-refractivity contribution in [2.45, 2.75) is 19.8 Å². The van der Waals surface area contributed by atoms with Crippen molar-refractivity contribution in [2.75, 3.05) is 18.0 Å². The minimum atomic E-state index is 0.838. The van der Waals surface area contributed by atoms with E-state index in [9.17, 15) is 0 Å². The predicted octanol–water partition coefficient (Wildman–Crippen LogP) is 4.18. The van der Waals surface area contributed by atoms with Crippen LogP contribution in [0.3, 0.4) is 0 Å². The molecule has 0 bridgehead atoms. The number of nitrogens with zero attached hydrogens (tertiary/aromatic N) is 4. The third-order valence-corrected chi connectivity index (χ3v) is 5.15. The highest BCUT2D eigenvalue weighted by molar-refractivity contribution is 7.13. The third kappa shape index (κ3) is 2.72. The number of aryl methyl sites for hydroxylation is 1. The van der Waals surface area contributed by atoms with Crippen molar-refractivity contribution in [1.82, 2.24) is 15.0 Å². The molecule has 1 aliphatic heterocycles. The molecule has 0 N–H and O–H groups in total. The Morgan fingerprint density at radius 3 is 2.52 bits per heavy atom. The standard InChI is InChI=1S/C18H18N4S/c1-13-17(23-12-20-13)16-15(14-7-3-2-4-8-14)11-19-18(21-16)22-9-5-6-10-22/h2-4,7-8,11-12H,5-6,9-10H2,1H3. The molecule has 4 rings (SSSR count). The van der Waals surface area contributed by atoms with Crippen LogP contribution in [0.25, 0.3) is 21.7 Å². The SMILES string of the molecule is Cc1ncsc1-c1nc(N2CCCC2)ncc1-c1ccccc1. The molecule has 116 valence electrons. The van der Waals surface area contributed by atoms with E-state index in [0.29, 0.717) is 0 Å². The summed E-state index contributed by atoms with van der Waals surface area (Å²) < 4.78 is 0. The van der Waals surface area contributed by atoms with Gasteiger partial charge >= 0.3 is 0 Å². The van der Waals surface area contributed by atoms with Gasteiger partial charge in [0.2, 0.25) is 5.95 Å². The van der Waals surface area contributed by atoms with E-state index in [2.05, 4.69) is 27.0 Å². The molecule has 3 heterocycles. The highest BCUT2D eigenvalue weighted by atomic mass is 32.1. The van der Waals surface area contributed by atoms with Crippen molar-refractivity contribution in [2.24, 2.45) is 0 Å². The molecule has 2 aromatic heterocycles. The minimum absolute atomic E-state index is 0.838. The summed E-state index contributed by atoms with van der Waals surface area (Å²) in [6.07, 6.45) is 4.40. The molecule has 1 aliphatic rings. The van der Waals surface area contributed by atoms with Crippen LogP contribution in [0.5, 0.6) is 0 Å². The molecular formula is C18H18N4S. The molecule has 0 amide bonds. The fourth-order valence-corrected chi connectivity index (χ4v) is 3.78. The lowest BCUT2D eigenvalue weighted by Crippen LogP contribution is -2.20. The van der Waals surface area contributed by atoms with Gasteiger partial charge in [-0.3, -0.25) is 0 Å². The molecule has 0 unspecified atom stereocenters. The number of anilines is 1. The number of benzene rings is 1. The van der Waals surface area contributed by atoms with Gasteiger partial charge in [-0.05, 0) is 25.3 Å². The van der Waals surface area contributed by atoms with Crippen LogP contribution in [-0.4, -0.2) is 28.0 Å². The van der Waals surface area contributed by atoms with Crippen LogP contribution >= 0.6 is 11.3 Å². The van der Waals surface area contributed by atoms with E-state index in [1.165, 1.54) is 12.8 Å². The van der Waals surface area contributed by atoms with Crippen LogP contribution in [0.15, 0.2) is 42.0 Å². The van der Waals surface area contributed by atoms with Gasteiger partial charge in [0.15, 0.2) is 0 Å². The molecule has 3 aromatic rings. The highest BCUT2D eigenvalue weighted by Gasteiger charge is 2.19. The van der Waals surface area contributed by atoms with Crippen LogP contribution in [0, 0.1) is 6.92 Å². The second-order valence-electron chi connectivity index (χ2n) is 5.76. The predicted molar refractivity (Wildman–Crippen MR) is 94.8 cm³/mol. The van der Waals surface area contributed by atoms with Crippen LogP contribution in [-0.2, 0) is 0 Å². The maximum atomic E-state index is 4.92. The van der Waals surface area contributed by atoms with Gasteiger partial charge in [-0.2, -0.15) is 0 Å². The Morgan fingerprint density at radius 2 is 1.83 bits per heavy atom. The Morgan fingerprint density at radius 1 is 1.04 bits per heavy atom. The Bertz CT molecular complexity index is 807.